The molecule has 0 aromatic carbocycles. The summed E-state index contributed by atoms with van der Waals surface area (Å²) in [6.07, 6.45) is 6.72. The van der Waals surface area contributed by atoms with Crippen LogP contribution in [0.4, 0.5) is 11.8 Å². The second-order valence-corrected chi connectivity index (χ2v) is 5.95. The Labute approximate surface area is 119 Å². The largest absolute Gasteiger partial charge is 0.383 e. The van der Waals surface area contributed by atoms with Crippen LogP contribution in [0.1, 0.15) is 32.6 Å². The predicted octanol–water partition coefficient (Wildman–Crippen LogP) is 1.96. The molecule has 0 bridgehead atoms. The van der Waals surface area contributed by atoms with Gasteiger partial charge in [0, 0.05) is 20.1 Å². The summed E-state index contributed by atoms with van der Waals surface area (Å²) in [7, 11) is 3.95. The zero-order valence-corrected chi connectivity index (χ0v) is 12.4. The lowest BCUT2D eigenvalue weighted by Crippen LogP contribution is -2.36. The van der Waals surface area contributed by atoms with Crippen LogP contribution in [0.2, 0.25) is 0 Å². The molecule has 0 saturated heterocycles. The summed E-state index contributed by atoms with van der Waals surface area (Å²) in [6.45, 7) is 2.32. The molecule has 1 aliphatic carbocycles. The third-order valence-electron chi connectivity index (χ3n) is 4.38. The highest BCUT2D eigenvalue weighted by Gasteiger charge is 2.24. The number of anilines is 2. The Morgan fingerprint density at radius 2 is 2.15 bits per heavy atom. The maximum atomic E-state index is 6.03. The first-order chi connectivity index (χ1) is 9.56. The molecule has 6 heteroatoms. The predicted molar refractivity (Wildman–Crippen MR) is 80.5 cm³/mol. The van der Waals surface area contributed by atoms with Gasteiger partial charge in [0.15, 0.2) is 5.65 Å². The molecule has 0 radical (unpaired) electrons. The Kier molecular flexibility index (Phi) is 3.23. The monoisotopic (exact) mass is 274 g/mol. The molecule has 3 rings (SSSR count). The first kappa shape index (κ1) is 13.1. The van der Waals surface area contributed by atoms with E-state index in [9.17, 15) is 0 Å². The smallest absolute Gasteiger partial charge is 0.229 e. The van der Waals surface area contributed by atoms with E-state index >= 15 is 0 Å². The Morgan fingerprint density at radius 1 is 1.35 bits per heavy atom. The van der Waals surface area contributed by atoms with Crippen molar-refractivity contribution < 1.29 is 0 Å². The second kappa shape index (κ2) is 4.92. The van der Waals surface area contributed by atoms with Crippen molar-refractivity contribution in [3.63, 3.8) is 0 Å². The molecule has 2 aromatic heterocycles. The normalized spacial score (nSPS) is 23.1. The highest BCUT2D eigenvalue weighted by atomic mass is 15.3. The highest BCUT2D eigenvalue weighted by molar-refractivity contribution is 5.86. The molecule has 0 aliphatic heterocycles. The lowest BCUT2D eigenvalue weighted by Gasteiger charge is -2.34. The minimum absolute atomic E-state index is 0.504. The summed E-state index contributed by atoms with van der Waals surface area (Å²) in [6, 6.07) is 0.504. The van der Waals surface area contributed by atoms with Crippen molar-refractivity contribution in [1.29, 1.82) is 0 Å². The lowest BCUT2D eigenvalue weighted by atomic mass is 9.86. The van der Waals surface area contributed by atoms with Crippen molar-refractivity contribution in [3.05, 3.63) is 6.20 Å². The van der Waals surface area contributed by atoms with Gasteiger partial charge in [-0.15, -0.1) is 0 Å². The topological polar surface area (TPSA) is 72.9 Å². The molecule has 2 unspecified atom stereocenters. The molecule has 1 fully saturated rings. The van der Waals surface area contributed by atoms with E-state index in [1.54, 1.807) is 10.9 Å². The van der Waals surface area contributed by atoms with E-state index in [-0.39, 0.29) is 0 Å². The zero-order valence-electron chi connectivity index (χ0n) is 12.4. The Morgan fingerprint density at radius 3 is 2.90 bits per heavy atom. The molecule has 2 N–H and O–H groups in total. The minimum atomic E-state index is 0.504. The molecule has 6 nitrogen and oxygen atoms in total. The van der Waals surface area contributed by atoms with Crippen molar-refractivity contribution in [3.8, 4) is 0 Å². The van der Waals surface area contributed by atoms with Crippen molar-refractivity contribution in [2.75, 3.05) is 17.7 Å². The van der Waals surface area contributed by atoms with Gasteiger partial charge in [-0.3, -0.25) is 4.68 Å². The number of aryl methyl sites for hydroxylation is 1. The average Bonchev–Trinajstić information content (AvgIpc) is 2.80. The van der Waals surface area contributed by atoms with Gasteiger partial charge in [-0.05, 0) is 18.8 Å². The van der Waals surface area contributed by atoms with Gasteiger partial charge in [0.1, 0.15) is 5.82 Å². The third-order valence-corrected chi connectivity index (χ3v) is 4.38. The van der Waals surface area contributed by atoms with Crippen LogP contribution in [0.3, 0.4) is 0 Å². The van der Waals surface area contributed by atoms with Gasteiger partial charge >= 0.3 is 0 Å². The molecule has 0 amide bonds. The second-order valence-electron chi connectivity index (χ2n) is 5.95. The van der Waals surface area contributed by atoms with E-state index in [1.807, 2.05) is 7.05 Å². The van der Waals surface area contributed by atoms with Crippen LogP contribution in [0.25, 0.3) is 11.0 Å². The van der Waals surface area contributed by atoms with Gasteiger partial charge in [-0.25, -0.2) is 0 Å². The first-order valence-electron chi connectivity index (χ1n) is 7.24. The van der Waals surface area contributed by atoms with E-state index in [2.05, 4.69) is 33.9 Å². The summed E-state index contributed by atoms with van der Waals surface area (Å²) in [5.41, 5.74) is 6.83. The van der Waals surface area contributed by atoms with E-state index < -0.39 is 0 Å². The Balaban J connectivity index is 1.94. The van der Waals surface area contributed by atoms with Crippen molar-refractivity contribution >= 4 is 22.8 Å². The van der Waals surface area contributed by atoms with Crippen molar-refractivity contribution in [2.24, 2.45) is 13.0 Å². The van der Waals surface area contributed by atoms with Gasteiger partial charge in [0.25, 0.3) is 0 Å². The highest BCUT2D eigenvalue weighted by Crippen LogP contribution is 2.29. The fourth-order valence-corrected chi connectivity index (χ4v) is 3.11. The molecule has 108 valence electrons. The number of fused-ring (bicyclic) bond motifs is 1. The van der Waals surface area contributed by atoms with Crippen LogP contribution < -0.4 is 10.6 Å². The number of hydrogen-bond acceptors (Lipinski definition) is 5. The molecule has 2 aromatic rings. The molecule has 2 heterocycles. The molecule has 0 spiro atoms. The SMILES string of the molecule is CC1CCCC(N(C)c2nc(N)c3cnn(C)c3n2)C1. The van der Waals surface area contributed by atoms with E-state index in [0.29, 0.717) is 17.8 Å². The van der Waals surface area contributed by atoms with E-state index in [4.69, 9.17) is 5.73 Å². The van der Waals surface area contributed by atoms with Gasteiger partial charge in [-0.1, -0.05) is 19.8 Å². The van der Waals surface area contributed by atoms with Crippen LogP contribution >= 0.6 is 0 Å². The van der Waals surface area contributed by atoms with Gasteiger partial charge in [-0.2, -0.15) is 15.1 Å². The van der Waals surface area contributed by atoms with Gasteiger partial charge in [0.2, 0.25) is 5.95 Å². The van der Waals surface area contributed by atoms with Crippen molar-refractivity contribution in [2.45, 2.75) is 38.6 Å². The molecule has 2 atom stereocenters. The van der Waals surface area contributed by atoms with Gasteiger partial charge < -0.3 is 10.6 Å². The van der Waals surface area contributed by atoms with Gasteiger partial charge in [0.05, 0.1) is 11.6 Å². The van der Waals surface area contributed by atoms with E-state index in [1.165, 1.54) is 25.7 Å². The summed E-state index contributed by atoms with van der Waals surface area (Å²) >= 11 is 0. The molecular formula is C14H22N6. The number of nitrogen functional groups attached to an aromatic ring is 1. The maximum Gasteiger partial charge on any atom is 0.229 e. The first-order valence-corrected chi connectivity index (χ1v) is 7.24. The van der Waals surface area contributed by atoms with Crippen LogP contribution in [0.15, 0.2) is 6.20 Å². The Hall–Kier alpha value is -1.85. The number of aromatic nitrogens is 4. The lowest BCUT2D eigenvalue weighted by molar-refractivity contribution is 0.334. The summed E-state index contributed by atoms with van der Waals surface area (Å²) in [4.78, 5) is 11.3. The van der Waals surface area contributed by atoms with Crippen LogP contribution in [0.5, 0.6) is 0 Å². The zero-order chi connectivity index (χ0) is 14.3. The van der Waals surface area contributed by atoms with Crippen LogP contribution in [-0.4, -0.2) is 32.8 Å². The number of nitrogens with two attached hydrogens (primary N) is 1. The minimum Gasteiger partial charge on any atom is -0.383 e. The quantitative estimate of drug-likeness (QED) is 0.906. The fraction of sp³-hybridized carbons (Fsp3) is 0.643. The summed E-state index contributed by atoms with van der Waals surface area (Å²) < 4.78 is 1.74. The summed E-state index contributed by atoms with van der Waals surface area (Å²) in [5, 5.41) is 5.02. The number of rotatable bonds is 2. The van der Waals surface area contributed by atoms with Crippen LogP contribution in [0, 0.1) is 5.92 Å². The van der Waals surface area contributed by atoms with E-state index in [0.717, 1.165) is 17.0 Å². The molecule has 1 saturated carbocycles. The molecular weight excluding hydrogens is 252 g/mol. The summed E-state index contributed by atoms with van der Waals surface area (Å²) in [5.74, 6) is 1.99. The number of hydrogen-bond donors (Lipinski definition) is 1. The van der Waals surface area contributed by atoms with Crippen LogP contribution in [-0.2, 0) is 7.05 Å². The fourth-order valence-electron chi connectivity index (χ4n) is 3.11. The maximum absolute atomic E-state index is 6.03. The standard InChI is InChI=1S/C14H22N6/c1-9-5-4-6-10(7-9)19(2)14-17-12(15)11-8-16-20(3)13(11)18-14/h8-10H,4-7H2,1-3H3,(H2,15,17,18). The average molecular weight is 274 g/mol. The Bertz CT molecular complexity index is 619. The molecule has 20 heavy (non-hydrogen) atoms. The van der Waals surface area contributed by atoms with Crippen molar-refractivity contribution in [1.82, 2.24) is 19.7 Å². The third kappa shape index (κ3) is 2.19. The number of nitrogens with zero attached hydrogens (tertiary/aromatic N) is 5. The molecule has 1 aliphatic rings.